The third-order valence-corrected chi connectivity index (χ3v) is 3.56. The number of rotatable bonds is 5. The second-order valence-corrected chi connectivity index (χ2v) is 5.96. The van der Waals surface area contributed by atoms with Gasteiger partial charge in [0.05, 0.1) is 0 Å². The first-order chi connectivity index (χ1) is 9.88. The molecule has 0 aliphatic rings. The molecule has 0 bridgehead atoms. The van der Waals surface area contributed by atoms with Crippen molar-refractivity contribution in [3.8, 4) is 11.3 Å². The number of aromatic carboxylic acids is 1. The van der Waals surface area contributed by atoms with Crippen LogP contribution in [-0.4, -0.2) is 20.9 Å². The summed E-state index contributed by atoms with van der Waals surface area (Å²) in [6.07, 6.45) is 2.62. The van der Waals surface area contributed by atoms with Crippen molar-refractivity contribution in [1.29, 1.82) is 0 Å². The number of benzene rings is 1. The normalized spacial score (nSPS) is 11.1. The molecule has 1 aromatic heterocycles. The highest BCUT2D eigenvalue weighted by atomic mass is 16.4. The predicted octanol–water partition coefficient (Wildman–Crippen LogP) is 3.91. The van der Waals surface area contributed by atoms with Gasteiger partial charge in [0, 0.05) is 18.3 Å². The van der Waals surface area contributed by atoms with Crippen LogP contribution in [-0.2, 0) is 6.54 Å². The largest absolute Gasteiger partial charge is 0.478 e. The molecule has 4 nitrogen and oxygen atoms in total. The zero-order valence-electron chi connectivity index (χ0n) is 13.1. The van der Waals surface area contributed by atoms with Gasteiger partial charge in [-0.3, -0.25) is 4.68 Å². The number of hydrogen-bond donors (Lipinski definition) is 1. The Bertz CT molecular complexity index is 657. The highest BCUT2D eigenvalue weighted by molar-refractivity contribution is 5.95. The maximum atomic E-state index is 11.5. The van der Waals surface area contributed by atoms with Crippen molar-refractivity contribution in [2.75, 3.05) is 0 Å². The molecule has 0 aliphatic carbocycles. The quantitative estimate of drug-likeness (QED) is 0.906. The molecular formula is C17H22N2O2. The van der Waals surface area contributed by atoms with Crippen LogP contribution >= 0.6 is 0 Å². The van der Waals surface area contributed by atoms with Crippen LogP contribution < -0.4 is 0 Å². The van der Waals surface area contributed by atoms with E-state index in [1.165, 1.54) is 0 Å². The van der Waals surface area contributed by atoms with E-state index in [1.54, 1.807) is 10.9 Å². The van der Waals surface area contributed by atoms with Crippen molar-refractivity contribution >= 4 is 5.97 Å². The molecule has 0 amide bonds. The number of carbonyl (C=O) groups is 1. The molecule has 2 aromatic rings. The SMILES string of the molecule is Cc1ccc(-c2nn(CCC(C)C)cc2C(=O)O)c(C)c1. The summed E-state index contributed by atoms with van der Waals surface area (Å²) in [4.78, 5) is 11.5. The molecule has 0 atom stereocenters. The molecule has 1 aromatic carbocycles. The zero-order chi connectivity index (χ0) is 15.6. The standard InChI is InChI=1S/C17H22N2O2/c1-11(2)7-8-19-10-15(17(20)21)16(18-19)14-6-5-12(3)9-13(14)4/h5-6,9-11H,7-8H2,1-4H3,(H,20,21). The van der Waals surface area contributed by atoms with Crippen molar-refractivity contribution in [1.82, 2.24) is 9.78 Å². The fourth-order valence-electron chi connectivity index (χ4n) is 2.36. The molecule has 0 fully saturated rings. The number of hydrogen-bond acceptors (Lipinski definition) is 2. The lowest BCUT2D eigenvalue weighted by atomic mass is 10.0. The van der Waals surface area contributed by atoms with Crippen LogP contribution in [0.3, 0.4) is 0 Å². The first-order valence-corrected chi connectivity index (χ1v) is 7.27. The van der Waals surface area contributed by atoms with Crippen molar-refractivity contribution in [3.05, 3.63) is 41.1 Å². The lowest BCUT2D eigenvalue weighted by molar-refractivity contribution is 0.0697. The summed E-state index contributed by atoms with van der Waals surface area (Å²) in [5.74, 6) is -0.368. The highest BCUT2D eigenvalue weighted by Crippen LogP contribution is 2.26. The fourth-order valence-corrected chi connectivity index (χ4v) is 2.36. The molecule has 0 saturated carbocycles. The number of nitrogens with zero attached hydrogens (tertiary/aromatic N) is 2. The molecule has 112 valence electrons. The summed E-state index contributed by atoms with van der Waals surface area (Å²) < 4.78 is 1.75. The number of carboxylic acid groups (broad SMARTS) is 1. The van der Waals surface area contributed by atoms with Crippen LogP contribution in [0.1, 0.15) is 41.8 Å². The zero-order valence-corrected chi connectivity index (χ0v) is 13.1. The lowest BCUT2D eigenvalue weighted by Crippen LogP contribution is -2.02. The van der Waals surface area contributed by atoms with Gasteiger partial charge in [-0.25, -0.2) is 4.79 Å². The first-order valence-electron chi connectivity index (χ1n) is 7.27. The minimum absolute atomic E-state index is 0.269. The van der Waals surface area contributed by atoms with Gasteiger partial charge in [-0.05, 0) is 31.7 Å². The Kier molecular flexibility index (Phi) is 4.46. The van der Waals surface area contributed by atoms with Crippen molar-refractivity contribution in [3.63, 3.8) is 0 Å². The Morgan fingerprint density at radius 1 is 1.33 bits per heavy atom. The van der Waals surface area contributed by atoms with E-state index in [4.69, 9.17) is 0 Å². The van der Waals surface area contributed by atoms with Gasteiger partial charge in [-0.2, -0.15) is 5.10 Å². The highest BCUT2D eigenvalue weighted by Gasteiger charge is 2.18. The smallest absolute Gasteiger partial charge is 0.339 e. The van der Waals surface area contributed by atoms with Gasteiger partial charge in [-0.1, -0.05) is 37.6 Å². The lowest BCUT2D eigenvalue weighted by Gasteiger charge is -2.06. The Labute approximate surface area is 125 Å². The predicted molar refractivity (Wildman–Crippen MR) is 83.6 cm³/mol. The van der Waals surface area contributed by atoms with Gasteiger partial charge >= 0.3 is 5.97 Å². The van der Waals surface area contributed by atoms with E-state index in [1.807, 2.05) is 32.0 Å². The monoisotopic (exact) mass is 286 g/mol. The molecule has 0 saturated heterocycles. The van der Waals surface area contributed by atoms with Crippen molar-refractivity contribution < 1.29 is 9.90 Å². The Morgan fingerprint density at radius 2 is 2.05 bits per heavy atom. The van der Waals surface area contributed by atoms with Crippen LogP contribution in [0.15, 0.2) is 24.4 Å². The van der Waals surface area contributed by atoms with Gasteiger partial charge in [-0.15, -0.1) is 0 Å². The molecule has 1 N–H and O–H groups in total. The number of carboxylic acids is 1. The average Bonchev–Trinajstić information content (AvgIpc) is 2.80. The number of aryl methyl sites for hydroxylation is 3. The van der Waals surface area contributed by atoms with Gasteiger partial charge in [0.1, 0.15) is 11.3 Å². The van der Waals surface area contributed by atoms with E-state index in [0.717, 1.165) is 29.7 Å². The topological polar surface area (TPSA) is 55.1 Å². The average molecular weight is 286 g/mol. The summed E-state index contributed by atoms with van der Waals surface area (Å²) in [5.41, 5.74) is 3.93. The Morgan fingerprint density at radius 3 is 2.62 bits per heavy atom. The van der Waals surface area contributed by atoms with E-state index >= 15 is 0 Å². The third kappa shape index (κ3) is 3.51. The molecule has 0 radical (unpaired) electrons. The van der Waals surface area contributed by atoms with Gasteiger partial charge in [0.2, 0.25) is 0 Å². The molecule has 1 heterocycles. The minimum atomic E-state index is -0.930. The van der Waals surface area contributed by atoms with E-state index in [2.05, 4.69) is 18.9 Å². The van der Waals surface area contributed by atoms with Gasteiger partial charge < -0.3 is 5.11 Å². The van der Waals surface area contributed by atoms with Crippen LogP contribution in [0.4, 0.5) is 0 Å². The minimum Gasteiger partial charge on any atom is -0.478 e. The van der Waals surface area contributed by atoms with Gasteiger partial charge in [0.25, 0.3) is 0 Å². The molecule has 2 rings (SSSR count). The maximum absolute atomic E-state index is 11.5. The van der Waals surface area contributed by atoms with Crippen molar-refractivity contribution in [2.24, 2.45) is 5.92 Å². The van der Waals surface area contributed by atoms with Crippen LogP contribution in [0.5, 0.6) is 0 Å². The van der Waals surface area contributed by atoms with Gasteiger partial charge in [0.15, 0.2) is 0 Å². The molecule has 21 heavy (non-hydrogen) atoms. The fraction of sp³-hybridized carbons (Fsp3) is 0.412. The van der Waals surface area contributed by atoms with E-state index in [0.29, 0.717) is 11.6 Å². The molecule has 0 aliphatic heterocycles. The Hall–Kier alpha value is -2.10. The first kappa shape index (κ1) is 15.3. The summed E-state index contributed by atoms with van der Waals surface area (Å²) in [5, 5.41) is 13.9. The maximum Gasteiger partial charge on any atom is 0.339 e. The van der Waals surface area contributed by atoms with Crippen LogP contribution in [0.25, 0.3) is 11.3 Å². The van der Waals surface area contributed by atoms with E-state index < -0.39 is 5.97 Å². The molecular weight excluding hydrogens is 264 g/mol. The summed E-state index contributed by atoms with van der Waals surface area (Å²) >= 11 is 0. The van der Waals surface area contributed by atoms with E-state index in [9.17, 15) is 9.90 Å². The summed E-state index contributed by atoms with van der Waals surface area (Å²) in [7, 11) is 0. The second-order valence-electron chi connectivity index (χ2n) is 5.96. The second kappa shape index (κ2) is 6.12. The summed E-state index contributed by atoms with van der Waals surface area (Å²) in [6.45, 7) is 9.04. The van der Waals surface area contributed by atoms with E-state index in [-0.39, 0.29) is 5.56 Å². The molecule has 4 heteroatoms. The number of aromatic nitrogens is 2. The van der Waals surface area contributed by atoms with Crippen molar-refractivity contribution in [2.45, 2.75) is 40.7 Å². The molecule has 0 unspecified atom stereocenters. The summed E-state index contributed by atoms with van der Waals surface area (Å²) in [6, 6.07) is 5.99. The van der Waals surface area contributed by atoms with Crippen LogP contribution in [0.2, 0.25) is 0 Å². The Balaban J connectivity index is 2.43. The molecule has 0 spiro atoms. The third-order valence-electron chi connectivity index (χ3n) is 3.56. The van der Waals surface area contributed by atoms with Crippen LogP contribution in [0, 0.1) is 19.8 Å².